The van der Waals surface area contributed by atoms with Crippen molar-refractivity contribution < 1.29 is 9.94 Å². The third-order valence-electron chi connectivity index (χ3n) is 3.83. The predicted octanol–water partition coefficient (Wildman–Crippen LogP) is 0.919. The van der Waals surface area contributed by atoms with E-state index in [2.05, 4.69) is 10.5 Å². The number of oxime groups is 1. The Labute approximate surface area is 102 Å². The van der Waals surface area contributed by atoms with E-state index in [1.54, 1.807) is 0 Å². The van der Waals surface area contributed by atoms with Crippen LogP contribution < -0.4 is 11.1 Å². The number of ether oxygens (including phenoxy) is 1. The van der Waals surface area contributed by atoms with Crippen molar-refractivity contribution in [3.8, 4) is 0 Å². The van der Waals surface area contributed by atoms with E-state index in [-0.39, 0.29) is 5.41 Å². The Hall–Kier alpha value is -0.810. The maximum Gasteiger partial charge on any atom is 0.139 e. The summed E-state index contributed by atoms with van der Waals surface area (Å²) in [5, 5.41) is 15.2. The average molecular weight is 241 g/mol. The monoisotopic (exact) mass is 241 g/mol. The molecule has 0 amide bonds. The van der Waals surface area contributed by atoms with Gasteiger partial charge in [0.15, 0.2) is 0 Å². The smallest absolute Gasteiger partial charge is 0.139 e. The summed E-state index contributed by atoms with van der Waals surface area (Å²) in [4.78, 5) is 0. The molecule has 2 rings (SSSR count). The molecule has 1 saturated carbocycles. The lowest BCUT2D eigenvalue weighted by Gasteiger charge is -2.23. The molecule has 0 aromatic carbocycles. The molecule has 1 atom stereocenters. The molecule has 98 valence electrons. The van der Waals surface area contributed by atoms with E-state index in [4.69, 9.17) is 15.7 Å². The molecule has 1 aliphatic heterocycles. The van der Waals surface area contributed by atoms with Gasteiger partial charge in [-0.05, 0) is 37.0 Å². The summed E-state index contributed by atoms with van der Waals surface area (Å²) < 4.78 is 5.45. The molecule has 5 heteroatoms. The van der Waals surface area contributed by atoms with Gasteiger partial charge in [0.1, 0.15) is 5.84 Å². The van der Waals surface area contributed by atoms with Gasteiger partial charge in [-0.25, -0.2) is 0 Å². The van der Waals surface area contributed by atoms with Crippen molar-refractivity contribution >= 4 is 5.84 Å². The van der Waals surface area contributed by atoms with Gasteiger partial charge in [-0.15, -0.1) is 0 Å². The second-order valence-electron chi connectivity index (χ2n) is 5.48. The van der Waals surface area contributed by atoms with Crippen LogP contribution in [-0.2, 0) is 4.74 Å². The second kappa shape index (κ2) is 5.69. The van der Waals surface area contributed by atoms with Crippen LogP contribution in [0, 0.1) is 11.3 Å². The van der Waals surface area contributed by atoms with Crippen LogP contribution in [0.4, 0.5) is 0 Å². The summed E-state index contributed by atoms with van der Waals surface area (Å²) in [7, 11) is 0. The van der Waals surface area contributed by atoms with Gasteiger partial charge in [-0.1, -0.05) is 5.16 Å². The number of amidine groups is 1. The number of rotatable bonds is 6. The zero-order chi connectivity index (χ0) is 12.1. The number of hydrogen-bond acceptors (Lipinski definition) is 4. The Balaban J connectivity index is 1.64. The van der Waals surface area contributed by atoms with E-state index in [1.165, 1.54) is 25.7 Å². The Bertz CT molecular complexity index is 271. The second-order valence-corrected chi connectivity index (χ2v) is 5.48. The fourth-order valence-corrected chi connectivity index (χ4v) is 2.52. The molecule has 0 bridgehead atoms. The van der Waals surface area contributed by atoms with Crippen LogP contribution >= 0.6 is 0 Å². The Morgan fingerprint density at radius 1 is 1.53 bits per heavy atom. The quantitative estimate of drug-likeness (QED) is 0.279. The highest BCUT2D eigenvalue weighted by Gasteiger charge is 2.42. The van der Waals surface area contributed by atoms with Crippen LogP contribution in [0.3, 0.4) is 0 Å². The van der Waals surface area contributed by atoms with Crippen molar-refractivity contribution in [2.45, 2.75) is 32.1 Å². The number of hydrogen-bond donors (Lipinski definition) is 3. The van der Waals surface area contributed by atoms with E-state index in [1.807, 2.05) is 0 Å². The lowest BCUT2D eigenvalue weighted by molar-refractivity contribution is 0.0544. The van der Waals surface area contributed by atoms with Crippen molar-refractivity contribution in [3.63, 3.8) is 0 Å². The summed E-state index contributed by atoms with van der Waals surface area (Å²) in [6.07, 6.45) is 5.51. The lowest BCUT2D eigenvalue weighted by atomic mass is 9.99. The minimum absolute atomic E-state index is 0.256. The van der Waals surface area contributed by atoms with Gasteiger partial charge in [-0.3, -0.25) is 0 Å². The van der Waals surface area contributed by atoms with Crippen molar-refractivity contribution in [1.82, 2.24) is 5.32 Å². The Kier molecular flexibility index (Phi) is 4.23. The molecule has 17 heavy (non-hydrogen) atoms. The van der Waals surface area contributed by atoms with E-state index < -0.39 is 0 Å². The number of nitrogens with one attached hydrogen (secondary N) is 1. The standard InChI is InChI=1S/C12H23N3O2/c13-11(15-16)6-12(3-4-12)9-14-7-10-2-1-5-17-8-10/h10,14,16H,1-9H2,(H2,13,15). The largest absolute Gasteiger partial charge is 0.409 e. The highest BCUT2D eigenvalue weighted by atomic mass is 16.5. The SMILES string of the molecule is NC(CC1(CNCC2CCCOC2)CC1)=NO. The number of nitrogens with zero attached hydrogens (tertiary/aromatic N) is 1. The normalized spacial score (nSPS) is 28.0. The molecule has 5 nitrogen and oxygen atoms in total. The van der Waals surface area contributed by atoms with Crippen molar-refractivity contribution in [2.24, 2.45) is 22.2 Å². The van der Waals surface area contributed by atoms with Crippen molar-refractivity contribution in [3.05, 3.63) is 0 Å². The number of nitrogens with two attached hydrogens (primary N) is 1. The minimum Gasteiger partial charge on any atom is -0.409 e. The highest BCUT2D eigenvalue weighted by molar-refractivity contribution is 5.80. The van der Waals surface area contributed by atoms with Crippen LogP contribution in [0.25, 0.3) is 0 Å². The molecule has 0 aromatic heterocycles. The first-order chi connectivity index (χ1) is 8.24. The van der Waals surface area contributed by atoms with Gasteiger partial charge in [0, 0.05) is 26.1 Å². The molecular formula is C12H23N3O2. The molecule has 1 aliphatic carbocycles. The van der Waals surface area contributed by atoms with Crippen LogP contribution in [0.15, 0.2) is 5.16 Å². The zero-order valence-corrected chi connectivity index (χ0v) is 10.3. The topological polar surface area (TPSA) is 79.9 Å². The summed E-state index contributed by atoms with van der Waals surface area (Å²) >= 11 is 0. The molecule has 2 fully saturated rings. The maximum atomic E-state index is 8.58. The van der Waals surface area contributed by atoms with Gasteiger partial charge >= 0.3 is 0 Å². The highest BCUT2D eigenvalue weighted by Crippen LogP contribution is 2.48. The molecule has 1 heterocycles. The van der Waals surface area contributed by atoms with Crippen LogP contribution in [0.2, 0.25) is 0 Å². The summed E-state index contributed by atoms with van der Waals surface area (Å²) in [6, 6.07) is 0. The predicted molar refractivity (Wildman–Crippen MR) is 66.1 cm³/mol. The van der Waals surface area contributed by atoms with Crippen LogP contribution in [-0.4, -0.2) is 37.3 Å². The minimum atomic E-state index is 0.256. The van der Waals surface area contributed by atoms with E-state index in [0.717, 1.165) is 26.3 Å². The van der Waals surface area contributed by atoms with Gasteiger partial charge < -0.3 is 21.0 Å². The average Bonchev–Trinajstić information content (AvgIpc) is 3.10. The third kappa shape index (κ3) is 3.85. The first kappa shape index (κ1) is 12.6. The molecule has 2 aliphatic rings. The fraction of sp³-hybridized carbons (Fsp3) is 0.917. The molecule has 0 spiro atoms. The summed E-state index contributed by atoms with van der Waals surface area (Å²) in [6.45, 7) is 3.81. The van der Waals surface area contributed by atoms with E-state index in [0.29, 0.717) is 18.2 Å². The summed E-state index contributed by atoms with van der Waals surface area (Å²) in [5.41, 5.74) is 5.82. The van der Waals surface area contributed by atoms with Crippen molar-refractivity contribution in [2.75, 3.05) is 26.3 Å². The van der Waals surface area contributed by atoms with Crippen LogP contribution in [0.5, 0.6) is 0 Å². The van der Waals surface area contributed by atoms with Gasteiger partial charge in [0.2, 0.25) is 0 Å². The maximum absolute atomic E-state index is 8.58. The summed E-state index contributed by atoms with van der Waals surface area (Å²) in [5.74, 6) is 1.01. The zero-order valence-electron chi connectivity index (χ0n) is 10.3. The molecule has 1 unspecified atom stereocenters. The van der Waals surface area contributed by atoms with E-state index >= 15 is 0 Å². The van der Waals surface area contributed by atoms with Gasteiger partial charge in [0.25, 0.3) is 0 Å². The molecule has 4 N–H and O–H groups in total. The van der Waals surface area contributed by atoms with Crippen LogP contribution in [0.1, 0.15) is 32.1 Å². The van der Waals surface area contributed by atoms with Gasteiger partial charge in [0.05, 0.1) is 6.61 Å². The van der Waals surface area contributed by atoms with E-state index in [9.17, 15) is 0 Å². The third-order valence-corrected chi connectivity index (χ3v) is 3.83. The molecule has 1 saturated heterocycles. The Morgan fingerprint density at radius 3 is 2.94 bits per heavy atom. The molecule has 0 aromatic rings. The lowest BCUT2D eigenvalue weighted by Crippen LogP contribution is -2.34. The van der Waals surface area contributed by atoms with Crippen molar-refractivity contribution in [1.29, 1.82) is 0 Å². The Morgan fingerprint density at radius 2 is 2.35 bits per heavy atom. The molecular weight excluding hydrogens is 218 g/mol. The van der Waals surface area contributed by atoms with Gasteiger partial charge in [-0.2, -0.15) is 0 Å². The molecule has 0 radical (unpaired) electrons. The first-order valence-corrected chi connectivity index (χ1v) is 6.49. The fourth-order valence-electron chi connectivity index (χ4n) is 2.52. The first-order valence-electron chi connectivity index (χ1n) is 6.49.